The molecular formula is C16H32NO9P. The molecule has 0 aliphatic carbocycles. The predicted molar refractivity (Wildman–Crippen MR) is 97.6 cm³/mol. The molecule has 11 heteroatoms. The molecule has 0 spiro atoms. The molecule has 0 saturated heterocycles. The second kappa shape index (κ2) is 16.8. The van der Waals surface area contributed by atoms with E-state index in [0.29, 0.717) is 45.4 Å². The highest BCUT2D eigenvalue weighted by atomic mass is 31.2. The largest absolute Gasteiger partial charge is 0.508 e. The smallest absolute Gasteiger partial charge is 0.434 e. The average molecular weight is 413 g/mol. The predicted octanol–water partition coefficient (Wildman–Crippen LogP) is 3.64. The van der Waals surface area contributed by atoms with E-state index < -0.39 is 20.1 Å². The van der Waals surface area contributed by atoms with Crippen molar-refractivity contribution in [2.75, 3.05) is 46.2 Å². The normalized spacial score (nSPS) is 11.1. The molecule has 27 heavy (non-hydrogen) atoms. The van der Waals surface area contributed by atoms with Gasteiger partial charge in [-0.3, -0.25) is 9.05 Å². The van der Waals surface area contributed by atoms with Crippen LogP contribution in [0.4, 0.5) is 9.59 Å². The van der Waals surface area contributed by atoms with Crippen molar-refractivity contribution < 1.29 is 42.1 Å². The van der Waals surface area contributed by atoms with Crippen molar-refractivity contribution in [1.82, 2.24) is 5.09 Å². The first-order valence-electron chi connectivity index (χ1n) is 9.20. The SMILES string of the molecule is CCCOC(=O)OCCCOP(=O)(NCC)OCCCOC(=O)OCCC. The molecule has 1 N–H and O–H groups in total. The van der Waals surface area contributed by atoms with E-state index in [4.69, 9.17) is 28.0 Å². The molecule has 0 amide bonds. The first kappa shape index (κ1) is 25.6. The molecule has 0 radical (unpaired) electrons. The van der Waals surface area contributed by atoms with Gasteiger partial charge in [-0.15, -0.1) is 0 Å². The molecule has 0 unspecified atom stereocenters. The summed E-state index contributed by atoms with van der Waals surface area (Å²) in [7, 11) is -3.48. The molecule has 0 aromatic carbocycles. The average Bonchev–Trinajstić information content (AvgIpc) is 2.64. The van der Waals surface area contributed by atoms with Gasteiger partial charge in [0.05, 0.1) is 39.6 Å². The second-order valence-corrected chi connectivity index (χ2v) is 7.10. The van der Waals surface area contributed by atoms with Gasteiger partial charge < -0.3 is 18.9 Å². The molecule has 0 saturated carbocycles. The number of carbonyl (C=O) groups excluding carboxylic acids is 2. The Bertz CT molecular complexity index is 414. The number of hydrogen-bond donors (Lipinski definition) is 1. The molecule has 0 aliphatic heterocycles. The first-order chi connectivity index (χ1) is 13.0. The van der Waals surface area contributed by atoms with Gasteiger partial charge in [-0.25, -0.2) is 19.2 Å². The monoisotopic (exact) mass is 413 g/mol. The topological polar surface area (TPSA) is 119 Å². The number of nitrogens with one attached hydrogen (secondary N) is 1. The lowest BCUT2D eigenvalue weighted by atomic mass is 10.5. The van der Waals surface area contributed by atoms with Crippen LogP contribution in [0.25, 0.3) is 0 Å². The van der Waals surface area contributed by atoms with Gasteiger partial charge >= 0.3 is 20.1 Å². The van der Waals surface area contributed by atoms with Crippen LogP contribution in [0.2, 0.25) is 0 Å². The summed E-state index contributed by atoms with van der Waals surface area (Å²) in [6, 6.07) is 0. The van der Waals surface area contributed by atoms with Crippen LogP contribution in [-0.2, 0) is 32.6 Å². The summed E-state index contributed by atoms with van der Waals surface area (Å²) in [5.74, 6) is 0. The van der Waals surface area contributed by atoms with Crippen LogP contribution >= 0.6 is 7.75 Å². The number of carbonyl (C=O) groups is 2. The van der Waals surface area contributed by atoms with Crippen molar-refractivity contribution in [3.63, 3.8) is 0 Å². The van der Waals surface area contributed by atoms with Crippen LogP contribution < -0.4 is 5.09 Å². The van der Waals surface area contributed by atoms with Gasteiger partial charge in [0.25, 0.3) is 0 Å². The van der Waals surface area contributed by atoms with Gasteiger partial charge in [0.15, 0.2) is 0 Å². The molecule has 160 valence electrons. The Balaban J connectivity index is 3.91. The lowest BCUT2D eigenvalue weighted by Gasteiger charge is -2.18. The molecule has 0 rings (SSSR count). The molecule has 0 aromatic heterocycles. The van der Waals surface area contributed by atoms with Crippen molar-refractivity contribution in [2.45, 2.75) is 46.5 Å². The van der Waals surface area contributed by atoms with E-state index in [1.54, 1.807) is 6.92 Å². The lowest BCUT2D eigenvalue weighted by Crippen LogP contribution is -2.17. The van der Waals surface area contributed by atoms with E-state index in [2.05, 4.69) is 5.09 Å². The quantitative estimate of drug-likeness (QED) is 0.228. The minimum absolute atomic E-state index is 0.0746. The fraction of sp³-hybridized carbons (Fsp3) is 0.875. The number of hydrogen-bond acceptors (Lipinski definition) is 9. The van der Waals surface area contributed by atoms with E-state index >= 15 is 0 Å². The second-order valence-electron chi connectivity index (χ2n) is 5.28. The van der Waals surface area contributed by atoms with Crippen molar-refractivity contribution in [2.24, 2.45) is 0 Å². The minimum atomic E-state index is -3.48. The van der Waals surface area contributed by atoms with Crippen LogP contribution in [0.5, 0.6) is 0 Å². The third-order valence-corrected chi connectivity index (χ3v) is 4.49. The standard InChI is InChI=1S/C16H32NO9P/c1-4-9-21-15(18)23-11-7-13-25-27(20,17-6-3)26-14-8-12-24-16(19)22-10-5-2/h4-14H2,1-3H3,(H,17,20). The maximum Gasteiger partial charge on any atom is 0.508 e. The van der Waals surface area contributed by atoms with E-state index in [1.807, 2.05) is 13.8 Å². The summed E-state index contributed by atoms with van der Waals surface area (Å²) >= 11 is 0. The fourth-order valence-corrected chi connectivity index (χ4v) is 2.96. The van der Waals surface area contributed by atoms with Gasteiger partial charge in [0, 0.05) is 19.4 Å². The van der Waals surface area contributed by atoms with Gasteiger partial charge in [0.2, 0.25) is 0 Å². The first-order valence-corrected chi connectivity index (χ1v) is 10.7. The molecule has 0 aliphatic rings. The molecular weight excluding hydrogens is 381 g/mol. The Morgan fingerprint density at radius 3 is 1.48 bits per heavy atom. The zero-order valence-corrected chi connectivity index (χ0v) is 17.3. The van der Waals surface area contributed by atoms with E-state index in [1.165, 1.54) is 0 Å². The Morgan fingerprint density at radius 2 is 1.11 bits per heavy atom. The van der Waals surface area contributed by atoms with Crippen LogP contribution in [0, 0.1) is 0 Å². The summed E-state index contributed by atoms with van der Waals surface area (Å²) in [6.45, 7) is 6.84. The third-order valence-electron chi connectivity index (χ3n) is 2.74. The lowest BCUT2D eigenvalue weighted by molar-refractivity contribution is 0.0505. The van der Waals surface area contributed by atoms with Gasteiger partial charge in [-0.05, 0) is 12.8 Å². The molecule has 0 aromatic rings. The summed E-state index contributed by atoms with van der Waals surface area (Å²) in [4.78, 5) is 22.3. The molecule has 0 atom stereocenters. The Labute approximate surface area is 160 Å². The third kappa shape index (κ3) is 15.4. The maximum atomic E-state index is 12.5. The van der Waals surface area contributed by atoms with Crippen molar-refractivity contribution in [3.8, 4) is 0 Å². The zero-order chi connectivity index (χ0) is 20.4. The van der Waals surface area contributed by atoms with Gasteiger partial charge in [0.1, 0.15) is 0 Å². The molecule has 0 heterocycles. The molecule has 10 nitrogen and oxygen atoms in total. The Kier molecular flexibility index (Phi) is 16.0. The summed E-state index contributed by atoms with van der Waals surface area (Å²) in [5.41, 5.74) is 0. The highest BCUT2D eigenvalue weighted by Gasteiger charge is 2.23. The van der Waals surface area contributed by atoms with Crippen LogP contribution in [-0.4, -0.2) is 58.5 Å². The fourth-order valence-electron chi connectivity index (χ4n) is 1.57. The summed E-state index contributed by atoms with van der Waals surface area (Å²) in [5, 5.41) is 2.66. The zero-order valence-electron chi connectivity index (χ0n) is 16.4. The van der Waals surface area contributed by atoms with Crippen LogP contribution in [0.3, 0.4) is 0 Å². The highest BCUT2D eigenvalue weighted by molar-refractivity contribution is 7.51. The van der Waals surface area contributed by atoms with Crippen LogP contribution in [0.15, 0.2) is 0 Å². The van der Waals surface area contributed by atoms with Gasteiger partial charge in [-0.2, -0.15) is 0 Å². The van der Waals surface area contributed by atoms with Crippen LogP contribution in [0.1, 0.15) is 46.5 Å². The highest BCUT2D eigenvalue weighted by Crippen LogP contribution is 2.43. The van der Waals surface area contributed by atoms with Crippen molar-refractivity contribution in [1.29, 1.82) is 0 Å². The molecule has 0 bridgehead atoms. The maximum absolute atomic E-state index is 12.5. The number of ether oxygens (including phenoxy) is 4. The van der Waals surface area contributed by atoms with E-state index in [-0.39, 0.29) is 26.4 Å². The summed E-state index contributed by atoms with van der Waals surface area (Å²) in [6.07, 6.45) is 0.637. The Morgan fingerprint density at radius 1 is 0.704 bits per heavy atom. The Hall–Kier alpha value is -1.35. The van der Waals surface area contributed by atoms with Gasteiger partial charge in [-0.1, -0.05) is 20.8 Å². The van der Waals surface area contributed by atoms with Crippen molar-refractivity contribution in [3.05, 3.63) is 0 Å². The van der Waals surface area contributed by atoms with E-state index in [9.17, 15) is 14.2 Å². The van der Waals surface area contributed by atoms with E-state index in [0.717, 1.165) is 0 Å². The minimum Gasteiger partial charge on any atom is -0.434 e. The number of rotatable bonds is 16. The van der Waals surface area contributed by atoms with Crippen molar-refractivity contribution >= 4 is 20.1 Å². The molecule has 0 fully saturated rings. The summed E-state index contributed by atoms with van der Waals surface area (Å²) < 4.78 is 42.2.